The molecule has 0 spiro atoms. The van der Waals surface area contributed by atoms with Crippen LogP contribution in [0.3, 0.4) is 0 Å². The summed E-state index contributed by atoms with van der Waals surface area (Å²) in [5.41, 5.74) is 2.59. The van der Waals surface area contributed by atoms with Crippen LogP contribution < -0.4 is 0 Å². The molecule has 2 aromatic rings. The van der Waals surface area contributed by atoms with E-state index in [0.717, 1.165) is 22.9 Å². The van der Waals surface area contributed by atoms with E-state index in [-0.39, 0.29) is 10.8 Å². The Morgan fingerprint density at radius 3 is 2.44 bits per heavy atom. The maximum Gasteiger partial charge on any atom is 0.0524 e. The molecular weight excluding hydrogens is 393 g/mol. The number of rotatable bonds is 5. The van der Waals surface area contributed by atoms with E-state index in [1.165, 1.54) is 11.1 Å². The molecule has 1 aliphatic heterocycles. The van der Waals surface area contributed by atoms with Crippen molar-refractivity contribution < 1.29 is 0 Å². The van der Waals surface area contributed by atoms with Crippen LogP contribution in [0.25, 0.3) is 0 Å². The van der Waals surface area contributed by atoms with Gasteiger partial charge in [0.05, 0.1) is 6.04 Å². The number of benzene rings is 2. The first-order valence-electron chi connectivity index (χ1n) is 9.42. The number of hydrogen-bond acceptors (Lipinski definition) is 2. The second-order valence-electron chi connectivity index (χ2n) is 7.85. The third-order valence-corrected chi connectivity index (χ3v) is 7.33. The fourth-order valence-electron chi connectivity index (χ4n) is 4.03. The third-order valence-electron chi connectivity index (χ3n) is 5.21. The first kappa shape index (κ1) is 20.8. The molecule has 3 atom stereocenters. The smallest absolute Gasteiger partial charge is 0.0524 e. The van der Waals surface area contributed by atoms with E-state index in [9.17, 15) is 0 Å². The molecule has 0 aliphatic carbocycles. The van der Waals surface area contributed by atoms with E-state index < -0.39 is 0 Å². The average Bonchev–Trinajstić information content (AvgIpc) is 2.62. The van der Waals surface area contributed by atoms with Crippen LogP contribution in [-0.2, 0) is 0 Å². The summed E-state index contributed by atoms with van der Waals surface area (Å²) in [4.78, 5) is 0. The molecule has 1 fully saturated rings. The standard InChI is InChI=1S/C23H27Cl2NS/c1-5-13-23(4)15-21(18-7-6-8-20(25)14-18)22(26(27-23)16(2)3)17-9-11-19(24)12-10-17/h5-12,14,16,21-22H,1,13,15H2,2-4H3/t21-,22-,23+/m1/s1. The molecule has 3 rings (SSSR count). The number of allylic oxidation sites excluding steroid dienone is 1. The molecule has 1 saturated heterocycles. The molecule has 4 heteroatoms. The van der Waals surface area contributed by atoms with Gasteiger partial charge < -0.3 is 0 Å². The summed E-state index contributed by atoms with van der Waals surface area (Å²) >= 11 is 14.5. The van der Waals surface area contributed by atoms with E-state index in [4.69, 9.17) is 23.2 Å². The lowest BCUT2D eigenvalue weighted by molar-refractivity contribution is 0.222. The Hall–Kier alpha value is -0.930. The zero-order valence-electron chi connectivity index (χ0n) is 16.2. The van der Waals surface area contributed by atoms with Gasteiger partial charge in [0.25, 0.3) is 0 Å². The maximum absolute atomic E-state index is 6.36. The van der Waals surface area contributed by atoms with Gasteiger partial charge in [-0.3, -0.25) is 0 Å². The lowest BCUT2D eigenvalue weighted by Gasteiger charge is -2.50. The van der Waals surface area contributed by atoms with Crippen LogP contribution in [0.1, 0.15) is 56.7 Å². The Kier molecular flexibility index (Phi) is 6.63. The average molecular weight is 420 g/mol. The van der Waals surface area contributed by atoms with Crippen LogP contribution in [0, 0.1) is 0 Å². The van der Waals surface area contributed by atoms with Crippen molar-refractivity contribution in [1.29, 1.82) is 0 Å². The Balaban J connectivity index is 2.11. The van der Waals surface area contributed by atoms with Crippen LogP contribution in [0.2, 0.25) is 10.0 Å². The van der Waals surface area contributed by atoms with Gasteiger partial charge in [-0.2, -0.15) is 0 Å². The van der Waals surface area contributed by atoms with Crippen molar-refractivity contribution in [3.8, 4) is 0 Å². The minimum Gasteiger partial charge on any atom is -0.240 e. The molecule has 1 aliphatic rings. The Morgan fingerprint density at radius 2 is 1.85 bits per heavy atom. The first-order valence-corrected chi connectivity index (χ1v) is 11.0. The lowest BCUT2D eigenvalue weighted by atomic mass is 9.79. The zero-order chi connectivity index (χ0) is 19.6. The molecule has 0 unspecified atom stereocenters. The summed E-state index contributed by atoms with van der Waals surface area (Å²) in [6.45, 7) is 10.9. The van der Waals surface area contributed by atoms with Crippen LogP contribution >= 0.6 is 35.1 Å². The minimum absolute atomic E-state index is 0.113. The van der Waals surface area contributed by atoms with Crippen LogP contribution in [-0.4, -0.2) is 15.1 Å². The van der Waals surface area contributed by atoms with Crippen molar-refractivity contribution >= 4 is 35.1 Å². The van der Waals surface area contributed by atoms with Crippen molar-refractivity contribution in [2.75, 3.05) is 0 Å². The van der Waals surface area contributed by atoms with Gasteiger partial charge in [-0.1, -0.05) is 65.5 Å². The maximum atomic E-state index is 6.36. The van der Waals surface area contributed by atoms with E-state index >= 15 is 0 Å². The fourth-order valence-corrected chi connectivity index (χ4v) is 5.90. The molecule has 0 N–H and O–H groups in total. The SMILES string of the molecule is C=CC[C@@]1(C)C[C@H](c2cccc(Cl)c2)[C@@H](c2ccc(Cl)cc2)N(C(C)C)S1. The van der Waals surface area contributed by atoms with Gasteiger partial charge in [-0.25, -0.2) is 4.31 Å². The summed E-state index contributed by atoms with van der Waals surface area (Å²) in [6, 6.07) is 17.3. The van der Waals surface area contributed by atoms with Gasteiger partial charge >= 0.3 is 0 Å². The molecule has 0 amide bonds. The molecule has 144 valence electrons. The number of halogens is 2. The van der Waals surface area contributed by atoms with Crippen molar-refractivity contribution in [2.45, 2.75) is 56.4 Å². The summed E-state index contributed by atoms with van der Waals surface area (Å²) in [6.07, 6.45) is 4.09. The summed E-state index contributed by atoms with van der Waals surface area (Å²) in [7, 11) is 0. The minimum atomic E-state index is 0.113. The second-order valence-corrected chi connectivity index (χ2v) is 10.3. The topological polar surface area (TPSA) is 3.24 Å². The molecule has 0 radical (unpaired) electrons. The van der Waals surface area contributed by atoms with Gasteiger partial charge in [0.2, 0.25) is 0 Å². The quantitative estimate of drug-likeness (QED) is 0.357. The highest BCUT2D eigenvalue weighted by Crippen LogP contribution is 2.55. The Morgan fingerprint density at radius 1 is 1.15 bits per heavy atom. The summed E-state index contributed by atoms with van der Waals surface area (Å²) in [5, 5.41) is 1.57. The van der Waals surface area contributed by atoms with Crippen LogP contribution in [0.15, 0.2) is 61.2 Å². The fraction of sp³-hybridized carbons (Fsp3) is 0.391. The van der Waals surface area contributed by atoms with Gasteiger partial charge in [0.1, 0.15) is 0 Å². The van der Waals surface area contributed by atoms with Crippen molar-refractivity contribution in [3.05, 3.63) is 82.4 Å². The molecule has 0 aromatic heterocycles. The van der Waals surface area contributed by atoms with Gasteiger partial charge in [0.15, 0.2) is 0 Å². The molecule has 27 heavy (non-hydrogen) atoms. The van der Waals surface area contributed by atoms with Gasteiger partial charge in [-0.05, 0) is 69.0 Å². The predicted molar refractivity (Wildman–Crippen MR) is 121 cm³/mol. The van der Waals surface area contributed by atoms with E-state index in [1.807, 2.05) is 36.2 Å². The van der Waals surface area contributed by atoms with E-state index in [0.29, 0.717) is 12.0 Å². The highest BCUT2D eigenvalue weighted by Gasteiger charge is 2.44. The lowest BCUT2D eigenvalue weighted by Crippen LogP contribution is -2.44. The zero-order valence-corrected chi connectivity index (χ0v) is 18.5. The van der Waals surface area contributed by atoms with Crippen molar-refractivity contribution in [1.82, 2.24) is 4.31 Å². The first-order chi connectivity index (χ1) is 12.8. The molecule has 2 aromatic carbocycles. The largest absolute Gasteiger partial charge is 0.240 e. The highest BCUT2D eigenvalue weighted by molar-refractivity contribution is 7.98. The van der Waals surface area contributed by atoms with Gasteiger partial charge in [0, 0.05) is 26.8 Å². The predicted octanol–water partition coefficient (Wildman–Crippen LogP) is 7.92. The summed E-state index contributed by atoms with van der Waals surface area (Å²) in [5.74, 6) is 0.346. The second kappa shape index (κ2) is 8.61. The Bertz CT molecular complexity index is 789. The van der Waals surface area contributed by atoms with Gasteiger partial charge in [-0.15, -0.1) is 6.58 Å². The Labute approximate surface area is 177 Å². The molecule has 0 bridgehead atoms. The molecule has 1 heterocycles. The number of nitrogens with zero attached hydrogens (tertiary/aromatic N) is 1. The van der Waals surface area contributed by atoms with Crippen LogP contribution in [0.4, 0.5) is 0 Å². The number of hydrogen-bond donors (Lipinski definition) is 0. The normalized spacial score (nSPS) is 26.3. The van der Waals surface area contributed by atoms with Crippen molar-refractivity contribution in [3.63, 3.8) is 0 Å². The molecular formula is C23H27Cl2NS. The van der Waals surface area contributed by atoms with Crippen LogP contribution in [0.5, 0.6) is 0 Å². The molecule has 1 nitrogen and oxygen atoms in total. The monoisotopic (exact) mass is 419 g/mol. The summed E-state index contributed by atoms with van der Waals surface area (Å²) < 4.78 is 2.67. The van der Waals surface area contributed by atoms with E-state index in [1.54, 1.807) is 0 Å². The third kappa shape index (κ3) is 4.74. The molecule has 0 saturated carbocycles. The van der Waals surface area contributed by atoms with E-state index in [2.05, 4.69) is 62.0 Å². The van der Waals surface area contributed by atoms with Crippen molar-refractivity contribution in [2.24, 2.45) is 0 Å². The highest BCUT2D eigenvalue weighted by atomic mass is 35.5.